The van der Waals surface area contributed by atoms with E-state index in [1.54, 1.807) is 7.11 Å². The second kappa shape index (κ2) is 5.27. The molecular weight excluding hydrogens is 210 g/mol. The van der Waals surface area contributed by atoms with Gasteiger partial charge in [0.2, 0.25) is 11.8 Å². The molecule has 0 spiro atoms. The second-order valence-corrected chi connectivity index (χ2v) is 4.54. The molecule has 1 fully saturated rings. The number of carbonyl (C=O) groups is 2. The molecule has 3 N–H and O–H groups in total. The topological polar surface area (TPSA) is 79.5 Å². The molecular formula is C10H19N3O3. The van der Waals surface area contributed by atoms with Crippen LogP contribution in [0.5, 0.6) is 0 Å². The van der Waals surface area contributed by atoms with Gasteiger partial charge in [0.25, 0.3) is 0 Å². The van der Waals surface area contributed by atoms with Crippen LogP contribution in [0.4, 0.5) is 0 Å². The molecule has 6 heteroatoms. The molecule has 16 heavy (non-hydrogen) atoms. The number of carbonyl (C=O) groups excluding carboxylic acids is 2. The molecule has 1 heterocycles. The van der Waals surface area contributed by atoms with E-state index in [1.807, 2.05) is 13.8 Å². The third kappa shape index (κ3) is 3.79. The van der Waals surface area contributed by atoms with Crippen molar-refractivity contribution in [3.63, 3.8) is 0 Å². The summed E-state index contributed by atoms with van der Waals surface area (Å²) in [6.45, 7) is 4.72. The van der Waals surface area contributed by atoms with Crippen molar-refractivity contribution >= 4 is 11.8 Å². The van der Waals surface area contributed by atoms with E-state index >= 15 is 0 Å². The van der Waals surface area contributed by atoms with E-state index in [0.29, 0.717) is 13.2 Å². The minimum atomic E-state index is -0.408. The van der Waals surface area contributed by atoms with E-state index < -0.39 is 5.54 Å². The normalized spacial score (nSPS) is 21.4. The summed E-state index contributed by atoms with van der Waals surface area (Å²) < 4.78 is 5.01. The van der Waals surface area contributed by atoms with Crippen molar-refractivity contribution < 1.29 is 14.3 Å². The SMILES string of the molecule is COCC(C)(C)NC(=O)C1CNC(=O)CN1. The number of amides is 2. The maximum absolute atomic E-state index is 11.8. The largest absolute Gasteiger partial charge is 0.382 e. The lowest BCUT2D eigenvalue weighted by molar-refractivity contribution is -0.128. The van der Waals surface area contributed by atoms with E-state index in [2.05, 4.69) is 16.0 Å². The van der Waals surface area contributed by atoms with Gasteiger partial charge in [-0.1, -0.05) is 0 Å². The first-order valence-corrected chi connectivity index (χ1v) is 5.25. The van der Waals surface area contributed by atoms with Crippen LogP contribution in [0.3, 0.4) is 0 Å². The predicted molar refractivity (Wildman–Crippen MR) is 58.9 cm³/mol. The van der Waals surface area contributed by atoms with Gasteiger partial charge in [-0.3, -0.25) is 14.9 Å². The van der Waals surface area contributed by atoms with Crippen LogP contribution in [-0.2, 0) is 14.3 Å². The second-order valence-electron chi connectivity index (χ2n) is 4.54. The molecule has 0 aromatic heterocycles. The summed E-state index contributed by atoms with van der Waals surface area (Å²) in [6, 6.07) is -0.367. The minimum Gasteiger partial charge on any atom is -0.382 e. The Balaban J connectivity index is 2.43. The molecule has 1 atom stereocenters. The van der Waals surface area contributed by atoms with Crippen molar-refractivity contribution in [2.24, 2.45) is 0 Å². The van der Waals surface area contributed by atoms with Gasteiger partial charge in [-0.25, -0.2) is 0 Å². The van der Waals surface area contributed by atoms with Gasteiger partial charge in [0, 0.05) is 13.7 Å². The summed E-state index contributed by atoms with van der Waals surface area (Å²) in [5.74, 6) is -0.206. The Bertz CT molecular complexity index is 268. The third-order valence-corrected chi connectivity index (χ3v) is 2.30. The highest BCUT2D eigenvalue weighted by molar-refractivity contribution is 5.87. The highest BCUT2D eigenvalue weighted by atomic mass is 16.5. The Hall–Kier alpha value is -1.14. The van der Waals surface area contributed by atoms with Crippen LogP contribution in [0.1, 0.15) is 13.8 Å². The molecule has 1 aliphatic heterocycles. The lowest BCUT2D eigenvalue weighted by Gasteiger charge is -2.30. The molecule has 0 aromatic carbocycles. The van der Waals surface area contributed by atoms with Gasteiger partial charge >= 0.3 is 0 Å². The summed E-state index contributed by atoms with van der Waals surface area (Å²) in [7, 11) is 1.59. The van der Waals surface area contributed by atoms with Gasteiger partial charge < -0.3 is 15.4 Å². The van der Waals surface area contributed by atoms with Gasteiger partial charge in [0.1, 0.15) is 6.04 Å². The molecule has 2 amide bonds. The van der Waals surface area contributed by atoms with Crippen molar-refractivity contribution in [3.05, 3.63) is 0 Å². The van der Waals surface area contributed by atoms with E-state index in [-0.39, 0.29) is 24.4 Å². The first-order chi connectivity index (χ1) is 7.44. The molecule has 0 radical (unpaired) electrons. The molecule has 0 aliphatic carbocycles. The predicted octanol–water partition coefficient (Wildman–Crippen LogP) is -1.38. The zero-order valence-electron chi connectivity index (χ0n) is 9.92. The van der Waals surface area contributed by atoms with Crippen molar-refractivity contribution in [2.45, 2.75) is 25.4 Å². The maximum Gasteiger partial charge on any atom is 0.239 e. The fraction of sp³-hybridized carbons (Fsp3) is 0.800. The quantitative estimate of drug-likeness (QED) is 0.555. The third-order valence-electron chi connectivity index (χ3n) is 2.30. The summed E-state index contributed by atoms with van der Waals surface area (Å²) in [4.78, 5) is 22.7. The van der Waals surface area contributed by atoms with Crippen molar-refractivity contribution in [3.8, 4) is 0 Å². The van der Waals surface area contributed by atoms with Gasteiger partial charge in [-0.15, -0.1) is 0 Å². The standard InChI is InChI=1S/C10H19N3O3/c1-10(2,6-16-3)13-9(15)7-4-12-8(14)5-11-7/h7,11H,4-6H2,1-3H3,(H,12,14)(H,13,15). The lowest BCUT2D eigenvalue weighted by atomic mass is 10.1. The number of hydrogen-bond donors (Lipinski definition) is 3. The van der Waals surface area contributed by atoms with Crippen LogP contribution in [0.15, 0.2) is 0 Å². The van der Waals surface area contributed by atoms with E-state index in [1.165, 1.54) is 0 Å². The highest BCUT2D eigenvalue weighted by Gasteiger charge is 2.28. The molecule has 1 aliphatic rings. The van der Waals surface area contributed by atoms with Gasteiger partial charge in [-0.05, 0) is 13.8 Å². The van der Waals surface area contributed by atoms with Crippen molar-refractivity contribution in [2.75, 3.05) is 26.8 Å². The maximum atomic E-state index is 11.8. The molecule has 1 rings (SSSR count). The summed E-state index contributed by atoms with van der Waals surface area (Å²) in [5, 5.41) is 8.37. The number of nitrogens with one attached hydrogen (secondary N) is 3. The van der Waals surface area contributed by atoms with Crippen molar-refractivity contribution in [1.29, 1.82) is 0 Å². The molecule has 92 valence electrons. The van der Waals surface area contributed by atoms with Crippen LogP contribution in [-0.4, -0.2) is 50.2 Å². The average molecular weight is 229 g/mol. The van der Waals surface area contributed by atoms with E-state index in [9.17, 15) is 9.59 Å². The van der Waals surface area contributed by atoms with Crippen LogP contribution in [0.2, 0.25) is 0 Å². The summed E-state index contributed by atoms with van der Waals surface area (Å²) >= 11 is 0. The Labute approximate surface area is 95.1 Å². The fourth-order valence-corrected chi connectivity index (χ4v) is 1.57. The smallest absolute Gasteiger partial charge is 0.239 e. The van der Waals surface area contributed by atoms with Crippen LogP contribution in [0.25, 0.3) is 0 Å². The monoisotopic (exact) mass is 229 g/mol. The van der Waals surface area contributed by atoms with Crippen LogP contribution >= 0.6 is 0 Å². The summed E-state index contributed by atoms with van der Waals surface area (Å²) in [5.41, 5.74) is -0.408. The number of rotatable bonds is 4. The summed E-state index contributed by atoms with van der Waals surface area (Å²) in [6.07, 6.45) is 0. The van der Waals surface area contributed by atoms with Crippen molar-refractivity contribution in [1.82, 2.24) is 16.0 Å². The molecule has 6 nitrogen and oxygen atoms in total. The van der Waals surface area contributed by atoms with Crippen LogP contribution < -0.4 is 16.0 Å². The fourth-order valence-electron chi connectivity index (χ4n) is 1.57. The molecule has 0 bridgehead atoms. The van der Waals surface area contributed by atoms with E-state index in [0.717, 1.165) is 0 Å². The van der Waals surface area contributed by atoms with Gasteiger partial charge in [0.15, 0.2) is 0 Å². The number of piperazine rings is 1. The Kier molecular flexibility index (Phi) is 4.26. The number of ether oxygens (including phenoxy) is 1. The molecule has 0 saturated carbocycles. The Morgan fingerprint density at radius 2 is 2.31 bits per heavy atom. The first-order valence-electron chi connectivity index (χ1n) is 5.25. The number of hydrogen-bond acceptors (Lipinski definition) is 4. The van der Waals surface area contributed by atoms with E-state index in [4.69, 9.17) is 4.74 Å². The molecule has 0 aromatic rings. The minimum absolute atomic E-state index is 0.0831. The first kappa shape index (κ1) is 12.9. The zero-order chi connectivity index (χ0) is 12.2. The zero-order valence-corrected chi connectivity index (χ0v) is 9.92. The Morgan fingerprint density at radius 1 is 1.62 bits per heavy atom. The van der Waals surface area contributed by atoms with Gasteiger partial charge in [-0.2, -0.15) is 0 Å². The van der Waals surface area contributed by atoms with Gasteiger partial charge in [0.05, 0.1) is 18.7 Å². The molecule has 1 unspecified atom stereocenters. The average Bonchev–Trinajstić information content (AvgIpc) is 2.17. The Morgan fingerprint density at radius 3 is 2.81 bits per heavy atom. The van der Waals surface area contributed by atoms with Crippen LogP contribution in [0, 0.1) is 0 Å². The highest BCUT2D eigenvalue weighted by Crippen LogP contribution is 2.03. The number of methoxy groups -OCH3 is 1. The lowest BCUT2D eigenvalue weighted by Crippen LogP contribution is -2.61. The molecule has 1 saturated heterocycles.